The van der Waals surface area contributed by atoms with E-state index in [0.717, 1.165) is 18.2 Å². The fourth-order valence-corrected chi connectivity index (χ4v) is 2.71. The SMILES string of the molecule is CCC1(C(=O)O)CCN(C(=O)c2cc(F)ccc2O)CC1. The van der Waals surface area contributed by atoms with Crippen LogP contribution in [0.1, 0.15) is 36.5 Å². The lowest BCUT2D eigenvalue weighted by molar-refractivity contribution is -0.152. The Balaban J connectivity index is 2.13. The van der Waals surface area contributed by atoms with Gasteiger partial charge in [-0.3, -0.25) is 9.59 Å². The highest BCUT2D eigenvalue weighted by atomic mass is 19.1. The number of likely N-dealkylation sites (tertiary alicyclic amines) is 1. The van der Waals surface area contributed by atoms with Crippen LogP contribution in [0.25, 0.3) is 0 Å². The van der Waals surface area contributed by atoms with Crippen molar-refractivity contribution in [2.24, 2.45) is 5.41 Å². The van der Waals surface area contributed by atoms with Gasteiger partial charge in [-0.2, -0.15) is 0 Å². The lowest BCUT2D eigenvalue weighted by Crippen LogP contribution is -2.46. The minimum atomic E-state index is -0.842. The Hall–Kier alpha value is -2.11. The van der Waals surface area contributed by atoms with Crippen LogP contribution >= 0.6 is 0 Å². The number of carbonyl (C=O) groups excluding carboxylic acids is 1. The molecule has 0 aliphatic carbocycles. The third kappa shape index (κ3) is 2.84. The number of carbonyl (C=O) groups is 2. The first-order valence-corrected chi connectivity index (χ1v) is 6.91. The van der Waals surface area contributed by atoms with Crippen molar-refractivity contribution in [3.8, 4) is 5.75 Å². The van der Waals surface area contributed by atoms with Gasteiger partial charge in [0.25, 0.3) is 5.91 Å². The highest BCUT2D eigenvalue weighted by Crippen LogP contribution is 2.36. The molecule has 1 heterocycles. The second-order valence-electron chi connectivity index (χ2n) is 5.39. The van der Waals surface area contributed by atoms with Crippen LogP contribution in [0.4, 0.5) is 4.39 Å². The Morgan fingerprint density at radius 1 is 1.33 bits per heavy atom. The molecule has 1 aromatic rings. The molecule has 0 bridgehead atoms. The van der Waals surface area contributed by atoms with Crippen molar-refractivity contribution < 1.29 is 24.2 Å². The average molecular weight is 295 g/mol. The zero-order chi connectivity index (χ0) is 15.6. The molecule has 1 aliphatic heterocycles. The van der Waals surface area contributed by atoms with Crippen LogP contribution in [-0.4, -0.2) is 40.1 Å². The number of phenolic OH excluding ortho intramolecular Hbond substituents is 1. The van der Waals surface area contributed by atoms with Gasteiger partial charge in [-0.05, 0) is 37.5 Å². The topological polar surface area (TPSA) is 77.8 Å². The molecule has 1 aliphatic rings. The molecule has 0 spiro atoms. The standard InChI is InChI=1S/C15H18FNO4/c1-2-15(14(20)21)5-7-17(8-6-15)13(19)11-9-10(16)3-4-12(11)18/h3-4,9,18H,2,5-8H2,1H3,(H,20,21). The lowest BCUT2D eigenvalue weighted by Gasteiger charge is -2.38. The van der Waals surface area contributed by atoms with E-state index in [9.17, 15) is 24.2 Å². The predicted molar refractivity (Wildman–Crippen MR) is 73.6 cm³/mol. The number of hydrogen-bond acceptors (Lipinski definition) is 3. The van der Waals surface area contributed by atoms with E-state index in [-0.39, 0.29) is 24.4 Å². The summed E-state index contributed by atoms with van der Waals surface area (Å²) < 4.78 is 13.2. The maximum atomic E-state index is 13.2. The molecule has 114 valence electrons. The summed E-state index contributed by atoms with van der Waals surface area (Å²) in [6, 6.07) is 3.21. The summed E-state index contributed by atoms with van der Waals surface area (Å²) in [5, 5.41) is 19.0. The maximum Gasteiger partial charge on any atom is 0.309 e. The Kier molecular flexibility index (Phi) is 4.16. The van der Waals surface area contributed by atoms with Crippen molar-refractivity contribution in [2.75, 3.05) is 13.1 Å². The van der Waals surface area contributed by atoms with Gasteiger partial charge in [-0.25, -0.2) is 4.39 Å². The van der Waals surface area contributed by atoms with E-state index in [1.54, 1.807) is 0 Å². The van der Waals surface area contributed by atoms with E-state index < -0.39 is 23.1 Å². The molecule has 21 heavy (non-hydrogen) atoms. The van der Waals surface area contributed by atoms with Crippen LogP contribution in [0.15, 0.2) is 18.2 Å². The molecule has 0 saturated carbocycles. The number of halogens is 1. The molecular formula is C15H18FNO4. The second-order valence-corrected chi connectivity index (χ2v) is 5.39. The van der Waals surface area contributed by atoms with Gasteiger partial charge >= 0.3 is 5.97 Å². The molecule has 0 unspecified atom stereocenters. The smallest absolute Gasteiger partial charge is 0.309 e. The molecule has 5 nitrogen and oxygen atoms in total. The number of phenols is 1. The van der Waals surface area contributed by atoms with E-state index in [4.69, 9.17) is 0 Å². The predicted octanol–water partition coefficient (Wildman–Crippen LogP) is 2.25. The van der Waals surface area contributed by atoms with E-state index in [0.29, 0.717) is 19.3 Å². The quantitative estimate of drug-likeness (QED) is 0.896. The van der Waals surface area contributed by atoms with E-state index in [2.05, 4.69) is 0 Å². The van der Waals surface area contributed by atoms with Crippen molar-refractivity contribution in [1.29, 1.82) is 0 Å². The number of amides is 1. The molecule has 0 aromatic heterocycles. The summed E-state index contributed by atoms with van der Waals surface area (Å²) >= 11 is 0. The lowest BCUT2D eigenvalue weighted by atomic mass is 9.76. The van der Waals surface area contributed by atoms with Gasteiger partial charge in [-0.15, -0.1) is 0 Å². The zero-order valence-corrected chi connectivity index (χ0v) is 11.8. The highest BCUT2D eigenvalue weighted by molar-refractivity contribution is 5.97. The first-order valence-electron chi connectivity index (χ1n) is 6.91. The van der Waals surface area contributed by atoms with Gasteiger partial charge in [0.05, 0.1) is 11.0 Å². The van der Waals surface area contributed by atoms with Crippen LogP contribution in [0.2, 0.25) is 0 Å². The molecule has 1 amide bonds. The minimum absolute atomic E-state index is 0.0886. The Morgan fingerprint density at radius 2 is 1.95 bits per heavy atom. The molecule has 2 N–H and O–H groups in total. The Bertz CT molecular complexity index is 565. The fraction of sp³-hybridized carbons (Fsp3) is 0.467. The molecule has 1 saturated heterocycles. The van der Waals surface area contributed by atoms with Gasteiger partial charge < -0.3 is 15.1 Å². The molecule has 1 fully saturated rings. The first-order chi connectivity index (χ1) is 9.89. The molecule has 2 rings (SSSR count). The first kappa shape index (κ1) is 15.3. The molecule has 6 heteroatoms. The number of carboxylic acids is 1. The Morgan fingerprint density at radius 3 is 2.48 bits per heavy atom. The number of nitrogens with zero attached hydrogens (tertiary/aromatic N) is 1. The molecule has 1 aromatic carbocycles. The maximum absolute atomic E-state index is 13.2. The number of hydrogen-bond donors (Lipinski definition) is 2. The monoisotopic (exact) mass is 295 g/mol. The summed E-state index contributed by atoms with van der Waals surface area (Å²) in [6.07, 6.45) is 1.23. The van der Waals surface area contributed by atoms with Gasteiger partial charge in [0.15, 0.2) is 0 Å². The van der Waals surface area contributed by atoms with Gasteiger partial charge in [-0.1, -0.05) is 6.92 Å². The van der Waals surface area contributed by atoms with Gasteiger partial charge in [0.1, 0.15) is 11.6 Å². The molecule has 0 radical (unpaired) electrons. The zero-order valence-electron chi connectivity index (χ0n) is 11.8. The third-order valence-corrected chi connectivity index (χ3v) is 4.33. The molecule has 0 atom stereocenters. The summed E-state index contributed by atoms with van der Waals surface area (Å²) in [4.78, 5) is 25.1. The van der Waals surface area contributed by atoms with Crippen LogP contribution < -0.4 is 0 Å². The van der Waals surface area contributed by atoms with Gasteiger partial charge in [0.2, 0.25) is 0 Å². The van der Waals surface area contributed by atoms with Crippen molar-refractivity contribution in [3.05, 3.63) is 29.6 Å². The van der Waals surface area contributed by atoms with Crippen LogP contribution in [0.3, 0.4) is 0 Å². The second kappa shape index (κ2) is 5.71. The average Bonchev–Trinajstić information content (AvgIpc) is 2.49. The Labute approximate surface area is 122 Å². The summed E-state index contributed by atoms with van der Waals surface area (Å²) in [5.74, 6) is -2.18. The highest BCUT2D eigenvalue weighted by Gasteiger charge is 2.41. The van der Waals surface area contributed by atoms with E-state index in [1.807, 2.05) is 6.92 Å². The van der Waals surface area contributed by atoms with E-state index >= 15 is 0 Å². The van der Waals surface area contributed by atoms with E-state index in [1.165, 1.54) is 4.90 Å². The van der Waals surface area contributed by atoms with Crippen molar-refractivity contribution in [2.45, 2.75) is 26.2 Å². The number of benzene rings is 1. The molecular weight excluding hydrogens is 277 g/mol. The number of carboxylic acid groups (broad SMARTS) is 1. The van der Waals surface area contributed by atoms with Crippen molar-refractivity contribution >= 4 is 11.9 Å². The van der Waals surface area contributed by atoms with Crippen LogP contribution in [0.5, 0.6) is 5.75 Å². The third-order valence-electron chi connectivity index (χ3n) is 4.33. The fourth-order valence-electron chi connectivity index (χ4n) is 2.71. The van der Waals surface area contributed by atoms with Gasteiger partial charge in [0, 0.05) is 13.1 Å². The normalized spacial score (nSPS) is 17.5. The number of aromatic hydroxyl groups is 1. The van der Waals surface area contributed by atoms with Crippen LogP contribution in [-0.2, 0) is 4.79 Å². The van der Waals surface area contributed by atoms with Crippen molar-refractivity contribution in [3.63, 3.8) is 0 Å². The summed E-state index contributed by atoms with van der Waals surface area (Å²) in [5.41, 5.74) is -0.879. The summed E-state index contributed by atoms with van der Waals surface area (Å²) in [6.45, 7) is 2.40. The largest absolute Gasteiger partial charge is 0.507 e. The van der Waals surface area contributed by atoms with Crippen LogP contribution in [0, 0.1) is 11.2 Å². The van der Waals surface area contributed by atoms with Crippen molar-refractivity contribution in [1.82, 2.24) is 4.90 Å². The number of rotatable bonds is 3. The minimum Gasteiger partial charge on any atom is -0.507 e. The number of piperidine rings is 1. The number of aliphatic carboxylic acids is 1. The summed E-state index contributed by atoms with van der Waals surface area (Å²) in [7, 11) is 0.